The second-order valence-electron chi connectivity index (χ2n) is 7.01. The SMILES string of the molecule is C/C(=C\C(=O)NCc1ccc(S(=O)(=O)NC[C@H]2CCCO2)cc1)C1CC1. The number of hydrogen-bond donors (Lipinski definition) is 2. The van der Waals surface area contributed by atoms with Crippen LogP contribution in [0.25, 0.3) is 0 Å². The van der Waals surface area contributed by atoms with Gasteiger partial charge in [-0.15, -0.1) is 0 Å². The second kappa shape index (κ2) is 8.33. The van der Waals surface area contributed by atoms with Crippen LogP contribution in [-0.2, 0) is 26.1 Å². The first-order valence-corrected chi connectivity index (χ1v) is 10.6. The highest BCUT2D eigenvalue weighted by atomic mass is 32.2. The van der Waals surface area contributed by atoms with E-state index in [2.05, 4.69) is 10.0 Å². The molecule has 6 nitrogen and oxygen atoms in total. The zero-order valence-electron chi connectivity index (χ0n) is 15.0. The molecule has 1 aromatic rings. The van der Waals surface area contributed by atoms with E-state index < -0.39 is 10.0 Å². The van der Waals surface area contributed by atoms with Crippen molar-refractivity contribution in [3.8, 4) is 0 Å². The molecule has 1 atom stereocenters. The fourth-order valence-corrected chi connectivity index (χ4v) is 4.05. The first kappa shape index (κ1) is 19.1. The molecule has 2 N–H and O–H groups in total. The van der Waals surface area contributed by atoms with Gasteiger partial charge in [-0.2, -0.15) is 0 Å². The van der Waals surface area contributed by atoms with Gasteiger partial charge in [-0.05, 0) is 56.2 Å². The van der Waals surface area contributed by atoms with Gasteiger partial charge in [0, 0.05) is 25.8 Å². The molecule has 0 unspecified atom stereocenters. The number of sulfonamides is 1. The molecule has 7 heteroatoms. The monoisotopic (exact) mass is 378 g/mol. The molecule has 2 aliphatic rings. The Hall–Kier alpha value is -1.70. The van der Waals surface area contributed by atoms with E-state index >= 15 is 0 Å². The van der Waals surface area contributed by atoms with Crippen LogP contribution in [0.4, 0.5) is 0 Å². The molecule has 1 aliphatic carbocycles. The first-order chi connectivity index (χ1) is 12.4. The number of allylic oxidation sites excluding steroid dienone is 1. The third-order valence-corrected chi connectivity index (χ3v) is 6.24. The minimum atomic E-state index is -3.54. The van der Waals surface area contributed by atoms with E-state index in [9.17, 15) is 13.2 Å². The highest BCUT2D eigenvalue weighted by Gasteiger charge is 2.23. The number of nitrogens with one attached hydrogen (secondary N) is 2. The smallest absolute Gasteiger partial charge is 0.244 e. The quantitative estimate of drug-likeness (QED) is 0.679. The Balaban J connectivity index is 1.50. The third-order valence-electron chi connectivity index (χ3n) is 4.81. The summed E-state index contributed by atoms with van der Waals surface area (Å²) in [7, 11) is -3.54. The van der Waals surface area contributed by atoms with Crippen LogP contribution in [0.15, 0.2) is 40.8 Å². The van der Waals surface area contributed by atoms with Gasteiger partial charge in [-0.1, -0.05) is 17.7 Å². The summed E-state index contributed by atoms with van der Waals surface area (Å²) in [6.45, 7) is 3.35. The van der Waals surface area contributed by atoms with Crippen LogP contribution in [0.3, 0.4) is 0 Å². The summed E-state index contributed by atoms with van der Waals surface area (Å²) in [5.74, 6) is 0.469. The summed E-state index contributed by atoms with van der Waals surface area (Å²) in [4.78, 5) is 12.1. The van der Waals surface area contributed by atoms with Crippen molar-refractivity contribution in [2.75, 3.05) is 13.2 Å². The van der Waals surface area contributed by atoms with Crippen LogP contribution in [0.2, 0.25) is 0 Å². The lowest BCUT2D eigenvalue weighted by atomic mass is 10.2. The van der Waals surface area contributed by atoms with E-state index in [1.165, 1.54) is 12.8 Å². The fraction of sp³-hybridized carbons (Fsp3) is 0.526. The number of carbonyl (C=O) groups is 1. The Kier molecular flexibility index (Phi) is 6.11. The number of rotatable bonds is 8. The zero-order chi connectivity index (χ0) is 18.6. The minimum absolute atomic E-state index is 0.0357. The predicted molar refractivity (Wildman–Crippen MR) is 98.9 cm³/mol. The van der Waals surface area contributed by atoms with Gasteiger partial charge in [0.1, 0.15) is 0 Å². The highest BCUT2D eigenvalue weighted by Crippen LogP contribution is 2.35. The predicted octanol–water partition coefficient (Wildman–Crippen LogP) is 2.12. The van der Waals surface area contributed by atoms with Crippen LogP contribution in [-0.4, -0.2) is 33.6 Å². The molecular weight excluding hydrogens is 352 g/mol. The van der Waals surface area contributed by atoms with Gasteiger partial charge in [-0.25, -0.2) is 13.1 Å². The molecule has 0 radical (unpaired) electrons. The van der Waals surface area contributed by atoms with E-state index in [1.807, 2.05) is 6.92 Å². The molecule has 142 valence electrons. The highest BCUT2D eigenvalue weighted by molar-refractivity contribution is 7.89. The number of carbonyl (C=O) groups excluding carboxylic acids is 1. The first-order valence-electron chi connectivity index (χ1n) is 9.10. The summed E-state index contributed by atoms with van der Waals surface area (Å²) in [6.07, 6.45) is 5.83. The van der Waals surface area contributed by atoms with Crippen molar-refractivity contribution in [2.24, 2.45) is 5.92 Å². The number of benzene rings is 1. The number of ether oxygens (including phenoxy) is 1. The van der Waals surface area contributed by atoms with Gasteiger partial charge < -0.3 is 10.1 Å². The zero-order valence-corrected chi connectivity index (χ0v) is 15.8. The molecule has 3 rings (SSSR count). The summed E-state index contributed by atoms with van der Waals surface area (Å²) in [6, 6.07) is 6.56. The van der Waals surface area contributed by atoms with Crippen molar-refractivity contribution in [1.82, 2.24) is 10.0 Å². The van der Waals surface area contributed by atoms with E-state index in [1.54, 1.807) is 30.3 Å². The molecule has 0 bridgehead atoms. The maximum atomic E-state index is 12.3. The van der Waals surface area contributed by atoms with Crippen molar-refractivity contribution in [3.63, 3.8) is 0 Å². The third kappa shape index (κ3) is 5.40. The largest absolute Gasteiger partial charge is 0.377 e. The van der Waals surface area contributed by atoms with Gasteiger partial charge >= 0.3 is 0 Å². The summed E-state index contributed by atoms with van der Waals surface area (Å²) in [5.41, 5.74) is 1.98. The lowest BCUT2D eigenvalue weighted by Gasteiger charge is -2.12. The average Bonchev–Trinajstić information content (AvgIpc) is 3.35. The van der Waals surface area contributed by atoms with Crippen LogP contribution in [0.1, 0.15) is 38.2 Å². The van der Waals surface area contributed by atoms with Crippen molar-refractivity contribution in [1.29, 1.82) is 0 Å². The van der Waals surface area contributed by atoms with E-state index in [4.69, 9.17) is 4.74 Å². The van der Waals surface area contributed by atoms with Crippen LogP contribution in [0, 0.1) is 5.92 Å². The van der Waals surface area contributed by atoms with Gasteiger partial charge in [0.2, 0.25) is 15.9 Å². The average molecular weight is 378 g/mol. The van der Waals surface area contributed by atoms with E-state index in [0.29, 0.717) is 25.6 Å². The van der Waals surface area contributed by atoms with Crippen molar-refractivity contribution >= 4 is 15.9 Å². The van der Waals surface area contributed by atoms with Crippen LogP contribution >= 0.6 is 0 Å². The van der Waals surface area contributed by atoms with Crippen LogP contribution in [0.5, 0.6) is 0 Å². The Morgan fingerprint density at radius 1 is 1.23 bits per heavy atom. The minimum Gasteiger partial charge on any atom is -0.377 e. The molecular formula is C19H26N2O4S. The van der Waals surface area contributed by atoms with E-state index in [-0.39, 0.29) is 16.9 Å². The number of hydrogen-bond acceptors (Lipinski definition) is 4. The van der Waals surface area contributed by atoms with Crippen molar-refractivity contribution < 1.29 is 17.9 Å². The number of amides is 1. The summed E-state index contributed by atoms with van der Waals surface area (Å²) in [5, 5.41) is 2.84. The molecule has 1 saturated heterocycles. The molecule has 1 heterocycles. The molecule has 0 spiro atoms. The fourth-order valence-electron chi connectivity index (χ4n) is 2.98. The van der Waals surface area contributed by atoms with Gasteiger partial charge in [0.25, 0.3) is 0 Å². The van der Waals surface area contributed by atoms with Gasteiger partial charge in [0.05, 0.1) is 11.0 Å². The Morgan fingerprint density at radius 2 is 1.96 bits per heavy atom. The van der Waals surface area contributed by atoms with Gasteiger partial charge in [-0.3, -0.25) is 4.79 Å². The lowest BCUT2D eigenvalue weighted by Crippen LogP contribution is -2.31. The van der Waals surface area contributed by atoms with Crippen molar-refractivity contribution in [3.05, 3.63) is 41.5 Å². The Bertz CT molecular complexity index is 761. The molecule has 26 heavy (non-hydrogen) atoms. The summed E-state index contributed by atoms with van der Waals surface area (Å²) < 4.78 is 32.7. The molecule has 1 amide bonds. The normalized spacial score (nSPS) is 21.0. The van der Waals surface area contributed by atoms with Gasteiger partial charge in [0.15, 0.2) is 0 Å². The Morgan fingerprint density at radius 3 is 2.58 bits per heavy atom. The Labute approximate surface area is 155 Å². The molecule has 0 aromatic heterocycles. The molecule has 1 saturated carbocycles. The maximum Gasteiger partial charge on any atom is 0.244 e. The molecule has 2 fully saturated rings. The van der Waals surface area contributed by atoms with Crippen LogP contribution < -0.4 is 10.0 Å². The van der Waals surface area contributed by atoms with Crippen molar-refractivity contribution in [2.45, 2.75) is 50.2 Å². The molecule has 1 aromatic carbocycles. The maximum absolute atomic E-state index is 12.3. The standard InChI is InChI=1S/C19H26N2O4S/c1-14(16-6-7-16)11-19(22)20-12-15-4-8-18(9-5-15)26(23,24)21-13-17-3-2-10-25-17/h4-5,8-9,11,16-17,21H,2-3,6-7,10,12-13H2,1H3,(H,20,22)/b14-11+/t17-/m1/s1. The summed E-state index contributed by atoms with van der Waals surface area (Å²) >= 11 is 0. The van der Waals surface area contributed by atoms with E-state index in [0.717, 1.165) is 24.0 Å². The topological polar surface area (TPSA) is 84.5 Å². The lowest BCUT2D eigenvalue weighted by molar-refractivity contribution is -0.116. The molecule has 1 aliphatic heterocycles. The second-order valence-corrected chi connectivity index (χ2v) is 8.78.